The normalized spacial score (nSPS) is 13.0. The maximum Gasteiger partial charge on any atom is 0.338 e. The molecule has 0 aromatic heterocycles. The number of hydrogen-bond acceptors (Lipinski definition) is 4. The number of rotatable bonds is 6. The molecule has 0 spiro atoms. The van der Waals surface area contributed by atoms with E-state index in [-0.39, 0.29) is 19.1 Å². The van der Waals surface area contributed by atoms with E-state index in [9.17, 15) is 14.7 Å². The Morgan fingerprint density at radius 3 is 2.04 bits per heavy atom. The van der Waals surface area contributed by atoms with Crippen LogP contribution in [-0.2, 0) is 4.74 Å². The summed E-state index contributed by atoms with van der Waals surface area (Å²) in [6.45, 7) is 1.13. The van der Waals surface area contributed by atoms with Gasteiger partial charge in [0.05, 0.1) is 17.7 Å². The van der Waals surface area contributed by atoms with Crippen molar-refractivity contribution in [1.82, 2.24) is 5.32 Å². The van der Waals surface area contributed by atoms with E-state index in [0.29, 0.717) is 11.1 Å². The number of esters is 1. The number of nitrogens with one attached hydrogen (secondary N) is 1. The summed E-state index contributed by atoms with van der Waals surface area (Å²) in [7, 11) is 0. The summed E-state index contributed by atoms with van der Waals surface area (Å²) in [5.41, 5.74) is -0.166. The summed E-state index contributed by atoms with van der Waals surface area (Å²) in [4.78, 5) is 24.1. The fourth-order valence-corrected chi connectivity index (χ4v) is 1.94. The predicted molar refractivity (Wildman–Crippen MR) is 86.1 cm³/mol. The van der Waals surface area contributed by atoms with Crippen molar-refractivity contribution >= 4 is 11.9 Å². The lowest BCUT2D eigenvalue weighted by molar-refractivity contribution is 0.0282. The second-order valence-corrected chi connectivity index (χ2v) is 5.48. The molecule has 0 fully saturated rings. The quantitative estimate of drug-likeness (QED) is 0.800. The van der Waals surface area contributed by atoms with Crippen LogP contribution in [0.15, 0.2) is 60.7 Å². The molecule has 0 aliphatic heterocycles. The van der Waals surface area contributed by atoms with Gasteiger partial charge in [0.25, 0.3) is 5.91 Å². The molecule has 1 atom stereocenters. The van der Waals surface area contributed by atoms with Crippen molar-refractivity contribution in [2.45, 2.75) is 12.5 Å². The van der Waals surface area contributed by atoms with E-state index in [2.05, 4.69) is 5.32 Å². The maximum absolute atomic E-state index is 12.2. The summed E-state index contributed by atoms with van der Waals surface area (Å²) in [6, 6.07) is 17.2. The zero-order valence-corrected chi connectivity index (χ0v) is 12.9. The van der Waals surface area contributed by atoms with Crippen LogP contribution in [-0.4, -0.2) is 35.7 Å². The molecule has 2 N–H and O–H groups in total. The summed E-state index contributed by atoms with van der Waals surface area (Å²) >= 11 is 0. The maximum atomic E-state index is 12.2. The Balaban J connectivity index is 1.98. The standard InChI is InChI=1S/C18H19NO4/c1-18(12-20,19-16(21)14-8-4-2-5-9-14)13-23-17(22)15-10-6-3-7-11-15/h2-11,20H,12-13H2,1H3,(H,19,21). The lowest BCUT2D eigenvalue weighted by Crippen LogP contribution is -2.52. The van der Waals surface area contributed by atoms with Gasteiger partial charge in [-0.25, -0.2) is 4.79 Å². The molecule has 0 heterocycles. The van der Waals surface area contributed by atoms with Gasteiger partial charge in [-0.05, 0) is 31.2 Å². The van der Waals surface area contributed by atoms with Crippen LogP contribution < -0.4 is 5.32 Å². The minimum atomic E-state index is -1.06. The first kappa shape index (κ1) is 16.7. The van der Waals surface area contributed by atoms with Crippen molar-refractivity contribution in [2.24, 2.45) is 0 Å². The van der Waals surface area contributed by atoms with Crippen molar-refractivity contribution in [3.63, 3.8) is 0 Å². The van der Waals surface area contributed by atoms with Crippen LogP contribution in [0.1, 0.15) is 27.6 Å². The van der Waals surface area contributed by atoms with Gasteiger partial charge in [-0.15, -0.1) is 0 Å². The van der Waals surface area contributed by atoms with Gasteiger partial charge >= 0.3 is 5.97 Å². The largest absolute Gasteiger partial charge is 0.460 e. The first-order valence-electron chi connectivity index (χ1n) is 7.25. The fourth-order valence-electron chi connectivity index (χ4n) is 1.94. The third kappa shape index (κ3) is 4.66. The summed E-state index contributed by atoms with van der Waals surface area (Å²) in [6.07, 6.45) is 0. The smallest absolute Gasteiger partial charge is 0.338 e. The Kier molecular flexibility index (Phi) is 5.49. The van der Waals surface area contributed by atoms with Crippen molar-refractivity contribution in [3.8, 4) is 0 Å². The highest BCUT2D eigenvalue weighted by Crippen LogP contribution is 2.09. The van der Waals surface area contributed by atoms with Gasteiger partial charge in [-0.2, -0.15) is 0 Å². The van der Waals surface area contributed by atoms with Gasteiger partial charge in [0.15, 0.2) is 0 Å². The van der Waals surface area contributed by atoms with E-state index in [1.165, 1.54) is 0 Å². The number of aliphatic hydroxyl groups excluding tert-OH is 1. The topological polar surface area (TPSA) is 75.6 Å². The van der Waals surface area contributed by atoms with Gasteiger partial charge in [0.2, 0.25) is 0 Å². The number of aliphatic hydroxyl groups is 1. The van der Waals surface area contributed by atoms with Gasteiger partial charge in [-0.1, -0.05) is 36.4 Å². The average molecular weight is 313 g/mol. The van der Waals surface area contributed by atoms with E-state index in [4.69, 9.17) is 4.74 Å². The molecule has 120 valence electrons. The Bertz CT molecular complexity index is 657. The molecule has 2 aromatic carbocycles. The SMILES string of the molecule is CC(CO)(COC(=O)c1ccccc1)NC(=O)c1ccccc1. The molecule has 0 saturated heterocycles. The minimum absolute atomic E-state index is 0.129. The third-order valence-electron chi connectivity index (χ3n) is 3.33. The Hall–Kier alpha value is -2.66. The number of ether oxygens (including phenoxy) is 1. The molecule has 0 radical (unpaired) electrons. The van der Waals surface area contributed by atoms with Crippen molar-refractivity contribution in [2.75, 3.05) is 13.2 Å². The second kappa shape index (κ2) is 7.56. The highest BCUT2D eigenvalue weighted by Gasteiger charge is 2.28. The average Bonchev–Trinajstić information content (AvgIpc) is 2.61. The van der Waals surface area contributed by atoms with Gasteiger partial charge in [0, 0.05) is 5.56 Å². The molecule has 0 saturated carbocycles. The molecule has 1 amide bonds. The van der Waals surface area contributed by atoms with Gasteiger partial charge < -0.3 is 15.2 Å². The zero-order chi connectivity index (χ0) is 16.7. The van der Waals surface area contributed by atoms with E-state index < -0.39 is 11.5 Å². The number of amides is 1. The Morgan fingerprint density at radius 2 is 1.52 bits per heavy atom. The van der Waals surface area contributed by atoms with E-state index in [0.717, 1.165) is 0 Å². The van der Waals surface area contributed by atoms with Gasteiger partial charge in [0.1, 0.15) is 6.61 Å². The number of hydrogen-bond donors (Lipinski definition) is 2. The monoisotopic (exact) mass is 313 g/mol. The van der Waals surface area contributed by atoms with Crippen LogP contribution in [0.4, 0.5) is 0 Å². The van der Waals surface area contributed by atoms with Crippen LogP contribution in [0.2, 0.25) is 0 Å². The van der Waals surface area contributed by atoms with Crippen molar-refractivity contribution < 1.29 is 19.4 Å². The highest BCUT2D eigenvalue weighted by atomic mass is 16.5. The molecule has 2 aromatic rings. The molecule has 0 aliphatic rings. The summed E-state index contributed by atoms with van der Waals surface area (Å²) in [5.74, 6) is -0.836. The number of carbonyl (C=O) groups excluding carboxylic acids is 2. The number of benzene rings is 2. The highest BCUT2D eigenvalue weighted by molar-refractivity contribution is 5.94. The van der Waals surface area contributed by atoms with Crippen LogP contribution in [0.3, 0.4) is 0 Å². The number of carbonyl (C=O) groups is 2. The molecular weight excluding hydrogens is 294 g/mol. The third-order valence-corrected chi connectivity index (χ3v) is 3.33. The van der Waals surface area contributed by atoms with Crippen LogP contribution in [0.5, 0.6) is 0 Å². The molecule has 0 bridgehead atoms. The van der Waals surface area contributed by atoms with Crippen molar-refractivity contribution in [3.05, 3.63) is 71.8 Å². The Morgan fingerprint density at radius 1 is 1.00 bits per heavy atom. The van der Waals surface area contributed by atoms with E-state index in [1.807, 2.05) is 6.07 Å². The molecule has 23 heavy (non-hydrogen) atoms. The lowest BCUT2D eigenvalue weighted by atomic mass is 10.0. The lowest BCUT2D eigenvalue weighted by Gasteiger charge is -2.28. The Labute approximate surface area is 134 Å². The molecule has 0 aliphatic carbocycles. The van der Waals surface area contributed by atoms with Crippen LogP contribution in [0.25, 0.3) is 0 Å². The summed E-state index contributed by atoms with van der Waals surface area (Å²) < 4.78 is 5.21. The predicted octanol–water partition coefficient (Wildman–Crippen LogP) is 2.02. The second-order valence-electron chi connectivity index (χ2n) is 5.48. The van der Waals surface area contributed by atoms with Crippen LogP contribution >= 0.6 is 0 Å². The van der Waals surface area contributed by atoms with Gasteiger partial charge in [-0.3, -0.25) is 4.79 Å². The summed E-state index contributed by atoms with van der Waals surface area (Å²) in [5, 5.41) is 12.3. The minimum Gasteiger partial charge on any atom is -0.460 e. The van der Waals surface area contributed by atoms with E-state index >= 15 is 0 Å². The van der Waals surface area contributed by atoms with Crippen LogP contribution in [0, 0.1) is 0 Å². The molecule has 5 heteroatoms. The van der Waals surface area contributed by atoms with E-state index in [1.54, 1.807) is 61.5 Å². The first-order valence-corrected chi connectivity index (χ1v) is 7.25. The van der Waals surface area contributed by atoms with Crippen molar-refractivity contribution in [1.29, 1.82) is 0 Å². The molecule has 2 rings (SSSR count). The molecular formula is C18H19NO4. The zero-order valence-electron chi connectivity index (χ0n) is 12.9. The fraction of sp³-hybridized carbons (Fsp3) is 0.222. The molecule has 1 unspecified atom stereocenters. The molecule has 5 nitrogen and oxygen atoms in total. The first-order chi connectivity index (χ1) is 11.0.